The van der Waals surface area contributed by atoms with Crippen LogP contribution in [0.1, 0.15) is 27.8 Å². The van der Waals surface area contributed by atoms with E-state index in [2.05, 4.69) is 0 Å². The van der Waals surface area contributed by atoms with Crippen molar-refractivity contribution >= 4 is 45.7 Å². The van der Waals surface area contributed by atoms with Gasteiger partial charge in [0.1, 0.15) is 17.4 Å². The number of hydrogen-bond acceptors (Lipinski definition) is 4. The van der Waals surface area contributed by atoms with E-state index in [0.717, 1.165) is 22.1 Å². The second-order valence-corrected chi connectivity index (χ2v) is 7.34. The van der Waals surface area contributed by atoms with Gasteiger partial charge in [0.15, 0.2) is 5.43 Å². The first-order valence-corrected chi connectivity index (χ1v) is 9.16. The molecule has 4 nitrogen and oxygen atoms in total. The van der Waals surface area contributed by atoms with Gasteiger partial charge in [-0.25, -0.2) is 4.79 Å². The fourth-order valence-electron chi connectivity index (χ4n) is 3.34. The summed E-state index contributed by atoms with van der Waals surface area (Å²) in [5.41, 5.74) is 4.26. The number of halogens is 1. The first-order valence-electron chi connectivity index (χ1n) is 8.78. The molecular formula is C23H17ClO4. The standard InChI is InChI=1S/C23H17ClO4/c1-12-6-14(3)23-17(7-12)15(9-21(25)28-23)4-5-16-11-27-20-8-13(2)19(24)10-18(20)22(16)26/h4-11H,1-3H3. The zero-order valence-electron chi connectivity index (χ0n) is 15.6. The lowest BCUT2D eigenvalue weighted by Gasteiger charge is -2.06. The van der Waals surface area contributed by atoms with Gasteiger partial charge in [-0.1, -0.05) is 23.7 Å². The van der Waals surface area contributed by atoms with E-state index < -0.39 is 5.63 Å². The molecule has 0 saturated carbocycles. The van der Waals surface area contributed by atoms with Gasteiger partial charge in [-0.15, -0.1) is 0 Å². The lowest BCUT2D eigenvalue weighted by molar-refractivity contribution is 0.558. The van der Waals surface area contributed by atoms with E-state index in [1.807, 2.05) is 32.9 Å². The summed E-state index contributed by atoms with van der Waals surface area (Å²) in [4.78, 5) is 24.8. The molecule has 2 aromatic heterocycles. The molecule has 0 N–H and O–H groups in total. The van der Waals surface area contributed by atoms with Crippen molar-refractivity contribution in [2.45, 2.75) is 20.8 Å². The average molecular weight is 393 g/mol. The van der Waals surface area contributed by atoms with Crippen LogP contribution in [-0.2, 0) is 0 Å². The van der Waals surface area contributed by atoms with Crippen LogP contribution in [0, 0.1) is 20.8 Å². The van der Waals surface area contributed by atoms with Crippen LogP contribution in [-0.4, -0.2) is 0 Å². The van der Waals surface area contributed by atoms with Gasteiger partial charge >= 0.3 is 5.63 Å². The quantitative estimate of drug-likeness (QED) is 0.413. The van der Waals surface area contributed by atoms with E-state index in [9.17, 15) is 9.59 Å². The summed E-state index contributed by atoms with van der Waals surface area (Å²) in [5.74, 6) is 0. The fraction of sp³-hybridized carbons (Fsp3) is 0.130. The zero-order valence-corrected chi connectivity index (χ0v) is 16.4. The molecule has 0 radical (unpaired) electrons. The first-order chi connectivity index (χ1) is 13.3. The van der Waals surface area contributed by atoms with E-state index in [1.54, 1.807) is 24.3 Å². The highest BCUT2D eigenvalue weighted by molar-refractivity contribution is 6.32. The van der Waals surface area contributed by atoms with E-state index in [1.165, 1.54) is 12.3 Å². The summed E-state index contributed by atoms with van der Waals surface area (Å²) in [6.07, 6.45) is 4.79. The van der Waals surface area contributed by atoms with Crippen molar-refractivity contribution in [3.8, 4) is 0 Å². The Morgan fingerprint density at radius 3 is 2.39 bits per heavy atom. The van der Waals surface area contributed by atoms with Crippen LogP contribution in [0.5, 0.6) is 0 Å². The third-order valence-corrected chi connectivity index (χ3v) is 5.14. The lowest BCUT2D eigenvalue weighted by atomic mass is 10.0. The fourth-order valence-corrected chi connectivity index (χ4v) is 3.50. The van der Waals surface area contributed by atoms with Crippen molar-refractivity contribution in [1.82, 2.24) is 0 Å². The summed E-state index contributed by atoms with van der Waals surface area (Å²) in [6.45, 7) is 5.73. The summed E-state index contributed by atoms with van der Waals surface area (Å²) in [5, 5.41) is 1.75. The molecule has 0 spiro atoms. The van der Waals surface area contributed by atoms with Crippen LogP contribution in [0.3, 0.4) is 0 Å². The Morgan fingerprint density at radius 1 is 0.857 bits per heavy atom. The highest BCUT2D eigenvalue weighted by Crippen LogP contribution is 2.25. The molecule has 0 fully saturated rings. The molecule has 4 rings (SSSR count). The molecule has 4 aromatic rings. The number of benzene rings is 2. The largest absolute Gasteiger partial charge is 0.463 e. The highest BCUT2D eigenvalue weighted by Gasteiger charge is 2.10. The Labute approximate surface area is 165 Å². The molecule has 0 unspecified atom stereocenters. The molecule has 140 valence electrons. The lowest BCUT2D eigenvalue weighted by Crippen LogP contribution is -2.05. The van der Waals surface area contributed by atoms with Crippen LogP contribution < -0.4 is 11.1 Å². The summed E-state index contributed by atoms with van der Waals surface area (Å²) < 4.78 is 11.0. The predicted octanol–water partition coefficient (Wildman–Crippen LogP) is 5.65. The van der Waals surface area contributed by atoms with Gasteiger partial charge in [-0.05, 0) is 67.3 Å². The zero-order chi connectivity index (χ0) is 20.0. The van der Waals surface area contributed by atoms with Crippen LogP contribution in [0.2, 0.25) is 5.02 Å². The molecule has 0 aliphatic carbocycles. The minimum absolute atomic E-state index is 0.181. The smallest absolute Gasteiger partial charge is 0.336 e. The van der Waals surface area contributed by atoms with Crippen molar-refractivity contribution in [2.75, 3.05) is 0 Å². The Morgan fingerprint density at radius 2 is 1.61 bits per heavy atom. The van der Waals surface area contributed by atoms with Gasteiger partial charge in [0, 0.05) is 16.5 Å². The summed E-state index contributed by atoms with van der Waals surface area (Å²) >= 11 is 6.15. The Balaban J connectivity index is 1.88. The molecule has 2 heterocycles. The second-order valence-electron chi connectivity index (χ2n) is 6.93. The molecule has 0 bridgehead atoms. The van der Waals surface area contributed by atoms with Crippen molar-refractivity contribution < 1.29 is 8.83 Å². The molecule has 0 aliphatic heterocycles. The summed E-state index contributed by atoms with van der Waals surface area (Å²) in [7, 11) is 0. The van der Waals surface area contributed by atoms with Crippen molar-refractivity contribution in [1.29, 1.82) is 0 Å². The molecule has 0 atom stereocenters. The molecule has 5 heteroatoms. The molecular weight excluding hydrogens is 376 g/mol. The van der Waals surface area contributed by atoms with Gasteiger partial charge in [0.25, 0.3) is 0 Å². The van der Waals surface area contributed by atoms with Gasteiger partial charge in [-0.3, -0.25) is 4.79 Å². The number of hydrogen-bond donors (Lipinski definition) is 0. The number of aryl methyl sites for hydroxylation is 3. The maximum absolute atomic E-state index is 12.8. The molecule has 0 saturated heterocycles. The minimum atomic E-state index is -0.438. The normalized spacial score (nSPS) is 11.7. The first kappa shape index (κ1) is 18.3. The van der Waals surface area contributed by atoms with Crippen LogP contribution in [0.25, 0.3) is 34.1 Å². The monoisotopic (exact) mass is 392 g/mol. The Kier molecular flexibility index (Phi) is 4.44. The Hall–Kier alpha value is -3.11. The second kappa shape index (κ2) is 6.80. The van der Waals surface area contributed by atoms with Gasteiger partial charge in [0.05, 0.1) is 10.9 Å². The molecule has 0 amide bonds. The van der Waals surface area contributed by atoms with E-state index >= 15 is 0 Å². The Bertz CT molecular complexity index is 1390. The van der Waals surface area contributed by atoms with Crippen molar-refractivity contribution in [3.05, 3.63) is 90.1 Å². The topological polar surface area (TPSA) is 60.4 Å². The third kappa shape index (κ3) is 3.16. The molecule has 28 heavy (non-hydrogen) atoms. The highest BCUT2D eigenvalue weighted by atomic mass is 35.5. The minimum Gasteiger partial charge on any atom is -0.463 e. The maximum atomic E-state index is 12.8. The maximum Gasteiger partial charge on any atom is 0.336 e. The number of fused-ring (bicyclic) bond motifs is 2. The third-order valence-electron chi connectivity index (χ3n) is 4.73. The van der Waals surface area contributed by atoms with Gasteiger partial charge in [0.2, 0.25) is 0 Å². The SMILES string of the molecule is Cc1cc(C)c2oc(=O)cc(C=Cc3coc4cc(C)c(Cl)cc4c3=O)c2c1. The van der Waals surface area contributed by atoms with E-state index in [4.69, 9.17) is 20.4 Å². The van der Waals surface area contributed by atoms with Crippen molar-refractivity contribution in [3.63, 3.8) is 0 Å². The predicted molar refractivity (Wildman–Crippen MR) is 113 cm³/mol. The average Bonchev–Trinajstić information content (AvgIpc) is 2.63. The van der Waals surface area contributed by atoms with Gasteiger partial charge in [-0.2, -0.15) is 0 Å². The van der Waals surface area contributed by atoms with Crippen molar-refractivity contribution in [2.24, 2.45) is 0 Å². The van der Waals surface area contributed by atoms with Crippen LogP contribution in [0.15, 0.2) is 55.0 Å². The van der Waals surface area contributed by atoms with Gasteiger partial charge < -0.3 is 8.83 Å². The van der Waals surface area contributed by atoms with Crippen LogP contribution in [0.4, 0.5) is 0 Å². The van der Waals surface area contributed by atoms with E-state index in [0.29, 0.717) is 32.7 Å². The van der Waals surface area contributed by atoms with Crippen LogP contribution >= 0.6 is 11.6 Å². The van der Waals surface area contributed by atoms with E-state index in [-0.39, 0.29) is 5.43 Å². The summed E-state index contributed by atoms with van der Waals surface area (Å²) in [6, 6.07) is 8.70. The molecule has 0 aliphatic rings. The molecule has 2 aromatic carbocycles. The number of rotatable bonds is 2.